The molecule has 0 aliphatic heterocycles. The van der Waals surface area contributed by atoms with Gasteiger partial charge >= 0.3 is 0 Å². The summed E-state index contributed by atoms with van der Waals surface area (Å²) in [5, 5.41) is 7.22. The van der Waals surface area contributed by atoms with Gasteiger partial charge in [0, 0.05) is 12.1 Å². The van der Waals surface area contributed by atoms with E-state index in [1.54, 1.807) is 11.1 Å². The molecule has 1 fully saturated rings. The van der Waals surface area contributed by atoms with Crippen LogP contribution in [0.4, 0.5) is 5.82 Å². The van der Waals surface area contributed by atoms with Crippen molar-refractivity contribution in [1.29, 1.82) is 0 Å². The number of nitrogens with one attached hydrogen (secondary N) is 1. The van der Waals surface area contributed by atoms with Gasteiger partial charge in [-0.15, -0.1) is 0 Å². The zero-order valence-electron chi connectivity index (χ0n) is 13.3. The molecule has 7 nitrogen and oxygen atoms in total. The molecule has 7 heteroatoms. The lowest BCUT2D eigenvalue weighted by atomic mass is 10.2. The summed E-state index contributed by atoms with van der Waals surface area (Å²) in [5.41, 5.74) is 5.22. The SMILES string of the molecule is CC(C)N(CC(N)=O)CC(=O)Nc1ccnn1C1CCCC1. The number of aromatic nitrogens is 2. The molecule has 122 valence electrons. The molecule has 2 amide bonds. The van der Waals surface area contributed by atoms with Crippen molar-refractivity contribution >= 4 is 17.6 Å². The summed E-state index contributed by atoms with van der Waals surface area (Å²) < 4.78 is 1.90. The Morgan fingerprint density at radius 1 is 1.41 bits per heavy atom. The summed E-state index contributed by atoms with van der Waals surface area (Å²) in [6.07, 6.45) is 6.32. The highest BCUT2D eigenvalue weighted by Crippen LogP contribution is 2.31. The van der Waals surface area contributed by atoms with Gasteiger partial charge in [0.05, 0.1) is 25.3 Å². The molecule has 0 spiro atoms. The Kier molecular flexibility index (Phi) is 5.54. The van der Waals surface area contributed by atoms with E-state index in [0.717, 1.165) is 18.7 Å². The number of amides is 2. The van der Waals surface area contributed by atoms with Crippen molar-refractivity contribution in [3.63, 3.8) is 0 Å². The first-order valence-corrected chi connectivity index (χ1v) is 7.83. The van der Waals surface area contributed by atoms with Gasteiger partial charge in [-0.25, -0.2) is 4.68 Å². The third-order valence-electron chi connectivity index (χ3n) is 4.04. The van der Waals surface area contributed by atoms with Crippen LogP contribution < -0.4 is 11.1 Å². The number of primary amides is 1. The Hall–Kier alpha value is -1.89. The Labute approximate surface area is 130 Å². The van der Waals surface area contributed by atoms with Gasteiger partial charge in [-0.05, 0) is 26.7 Å². The van der Waals surface area contributed by atoms with Gasteiger partial charge in [-0.1, -0.05) is 12.8 Å². The lowest BCUT2D eigenvalue weighted by molar-refractivity contribution is -0.121. The quantitative estimate of drug-likeness (QED) is 0.789. The van der Waals surface area contributed by atoms with E-state index in [4.69, 9.17) is 5.73 Å². The van der Waals surface area contributed by atoms with Crippen LogP contribution in [0.15, 0.2) is 12.3 Å². The van der Waals surface area contributed by atoms with Crippen molar-refractivity contribution in [3.8, 4) is 0 Å². The first-order valence-electron chi connectivity index (χ1n) is 7.83. The van der Waals surface area contributed by atoms with Gasteiger partial charge in [0.2, 0.25) is 11.8 Å². The summed E-state index contributed by atoms with van der Waals surface area (Å²) in [6, 6.07) is 2.25. The molecule has 1 saturated carbocycles. The second-order valence-corrected chi connectivity index (χ2v) is 6.11. The van der Waals surface area contributed by atoms with E-state index in [2.05, 4.69) is 10.4 Å². The van der Waals surface area contributed by atoms with E-state index in [9.17, 15) is 9.59 Å². The van der Waals surface area contributed by atoms with Crippen LogP contribution in [-0.2, 0) is 9.59 Å². The molecular formula is C15H25N5O2. The van der Waals surface area contributed by atoms with E-state index in [0.29, 0.717) is 6.04 Å². The molecule has 1 aromatic heterocycles. The molecule has 1 aliphatic carbocycles. The van der Waals surface area contributed by atoms with E-state index >= 15 is 0 Å². The lowest BCUT2D eigenvalue weighted by Gasteiger charge is -2.24. The van der Waals surface area contributed by atoms with Crippen LogP contribution in [0.5, 0.6) is 0 Å². The predicted molar refractivity (Wildman–Crippen MR) is 84.3 cm³/mol. The second kappa shape index (κ2) is 7.40. The fourth-order valence-corrected chi connectivity index (χ4v) is 2.84. The molecule has 0 radical (unpaired) electrons. The summed E-state index contributed by atoms with van der Waals surface area (Å²) in [5.74, 6) is 0.131. The molecule has 2 rings (SSSR count). The van der Waals surface area contributed by atoms with Crippen LogP contribution in [0.25, 0.3) is 0 Å². The van der Waals surface area contributed by atoms with E-state index < -0.39 is 5.91 Å². The van der Waals surface area contributed by atoms with Crippen LogP contribution in [0.2, 0.25) is 0 Å². The summed E-state index contributed by atoms with van der Waals surface area (Å²) in [7, 11) is 0. The van der Waals surface area contributed by atoms with Gasteiger partial charge in [0.1, 0.15) is 5.82 Å². The largest absolute Gasteiger partial charge is 0.369 e. The number of rotatable bonds is 7. The van der Waals surface area contributed by atoms with Crippen LogP contribution in [0.1, 0.15) is 45.6 Å². The number of hydrogen-bond donors (Lipinski definition) is 2. The van der Waals surface area contributed by atoms with Gasteiger partial charge in [-0.3, -0.25) is 14.5 Å². The maximum absolute atomic E-state index is 12.2. The van der Waals surface area contributed by atoms with Crippen molar-refractivity contribution in [1.82, 2.24) is 14.7 Å². The lowest BCUT2D eigenvalue weighted by Crippen LogP contribution is -2.43. The highest BCUT2D eigenvalue weighted by molar-refractivity contribution is 5.91. The number of carbonyl (C=O) groups excluding carboxylic acids is 2. The normalized spacial score (nSPS) is 15.6. The molecule has 0 bridgehead atoms. The minimum absolute atomic E-state index is 0.0676. The maximum Gasteiger partial charge on any atom is 0.239 e. The smallest absolute Gasteiger partial charge is 0.239 e. The van der Waals surface area contributed by atoms with Gasteiger partial charge in [0.25, 0.3) is 0 Å². The average molecular weight is 307 g/mol. The molecule has 1 aromatic rings. The highest BCUT2D eigenvalue weighted by atomic mass is 16.2. The zero-order chi connectivity index (χ0) is 16.1. The molecule has 0 unspecified atom stereocenters. The molecule has 0 aromatic carbocycles. The molecule has 3 N–H and O–H groups in total. The number of nitrogens with two attached hydrogens (primary N) is 1. The first kappa shape index (κ1) is 16.5. The molecule has 0 saturated heterocycles. The van der Waals surface area contributed by atoms with E-state index in [-0.39, 0.29) is 25.0 Å². The maximum atomic E-state index is 12.2. The van der Waals surface area contributed by atoms with Gasteiger partial charge in [0.15, 0.2) is 0 Å². The number of anilines is 1. The Morgan fingerprint density at radius 2 is 2.09 bits per heavy atom. The minimum atomic E-state index is -0.433. The Morgan fingerprint density at radius 3 is 2.68 bits per heavy atom. The van der Waals surface area contributed by atoms with E-state index in [1.807, 2.05) is 24.6 Å². The molecule has 22 heavy (non-hydrogen) atoms. The second-order valence-electron chi connectivity index (χ2n) is 6.11. The summed E-state index contributed by atoms with van der Waals surface area (Å²) >= 11 is 0. The van der Waals surface area contributed by atoms with E-state index in [1.165, 1.54) is 12.8 Å². The molecule has 0 atom stereocenters. The molecule has 1 aliphatic rings. The van der Waals surface area contributed by atoms with Crippen molar-refractivity contribution in [2.75, 3.05) is 18.4 Å². The first-order chi connectivity index (χ1) is 10.5. The standard InChI is InChI=1S/C15H25N5O2/c1-11(2)19(9-13(16)21)10-15(22)18-14-7-8-17-20(14)12-5-3-4-6-12/h7-8,11-12H,3-6,9-10H2,1-2H3,(H2,16,21)(H,18,22). The van der Waals surface area contributed by atoms with Crippen LogP contribution in [0, 0.1) is 0 Å². The van der Waals surface area contributed by atoms with Crippen molar-refractivity contribution in [2.24, 2.45) is 5.73 Å². The third kappa shape index (κ3) is 4.30. The number of carbonyl (C=O) groups is 2. The summed E-state index contributed by atoms with van der Waals surface area (Å²) in [4.78, 5) is 25.0. The van der Waals surface area contributed by atoms with Crippen LogP contribution >= 0.6 is 0 Å². The monoisotopic (exact) mass is 307 g/mol. The number of hydrogen-bond acceptors (Lipinski definition) is 4. The van der Waals surface area contributed by atoms with Crippen LogP contribution in [0.3, 0.4) is 0 Å². The highest BCUT2D eigenvalue weighted by Gasteiger charge is 2.21. The predicted octanol–water partition coefficient (Wildman–Crippen LogP) is 1.13. The molecule has 1 heterocycles. The Bertz CT molecular complexity index is 520. The number of nitrogens with zero attached hydrogens (tertiary/aromatic N) is 3. The fraction of sp³-hybridized carbons (Fsp3) is 0.667. The fourth-order valence-electron chi connectivity index (χ4n) is 2.84. The van der Waals surface area contributed by atoms with Crippen molar-refractivity contribution in [3.05, 3.63) is 12.3 Å². The zero-order valence-corrected chi connectivity index (χ0v) is 13.3. The van der Waals surface area contributed by atoms with Crippen molar-refractivity contribution in [2.45, 2.75) is 51.6 Å². The average Bonchev–Trinajstić information content (AvgIpc) is 3.07. The van der Waals surface area contributed by atoms with Crippen LogP contribution in [-0.4, -0.2) is 45.6 Å². The van der Waals surface area contributed by atoms with Crippen molar-refractivity contribution < 1.29 is 9.59 Å². The van der Waals surface area contributed by atoms with Gasteiger partial charge < -0.3 is 11.1 Å². The molecular weight excluding hydrogens is 282 g/mol. The topological polar surface area (TPSA) is 93.2 Å². The van der Waals surface area contributed by atoms with Gasteiger partial charge in [-0.2, -0.15) is 5.10 Å². The summed E-state index contributed by atoms with van der Waals surface area (Å²) in [6.45, 7) is 4.07. The Balaban J connectivity index is 1.96. The third-order valence-corrected chi connectivity index (χ3v) is 4.04. The minimum Gasteiger partial charge on any atom is -0.369 e.